The Bertz CT molecular complexity index is 2610. The number of fused-ring (bicyclic) bond motifs is 2. The van der Waals surface area contributed by atoms with Crippen LogP contribution in [0.5, 0.6) is 11.6 Å². The van der Waals surface area contributed by atoms with E-state index in [0.717, 1.165) is 17.1 Å². The number of carbonyl (C=O) groups excluding carboxylic acids is 2. The van der Waals surface area contributed by atoms with Crippen molar-refractivity contribution in [2.45, 2.75) is 26.9 Å². The Kier molecular flexibility index (Phi) is 13.5. The highest BCUT2D eigenvalue weighted by Gasteiger charge is 2.28. The van der Waals surface area contributed by atoms with Crippen LogP contribution in [0.1, 0.15) is 34.8 Å². The van der Waals surface area contributed by atoms with E-state index >= 15 is 0 Å². The van der Waals surface area contributed by atoms with E-state index in [4.69, 9.17) is 14.2 Å². The molecule has 16 heteroatoms. The highest BCUT2D eigenvalue weighted by molar-refractivity contribution is 6.05. The molecular formula is C45H51N9O7. The molecule has 0 atom stereocenters. The zero-order chi connectivity index (χ0) is 42.9. The van der Waals surface area contributed by atoms with Crippen molar-refractivity contribution in [2.75, 3.05) is 89.6 Å². The van der Waals surface area contributed by atoms with Crippen LogP contribution < -0.4 is 30.4 Å². The fourth-order valence-electron chi connectivity index (χ4n) is 7.67. The van der Waals surface area contributed by atoms with E-state index in [2.05, 4.69) is 25.0 Å². The van der Waals surface area contributed by atoms with Gasteiger partial charge in [-0.2, -0.15) is 10.2 Å². The van der Waals surface area contributed by atoms with E-state index in [1.54, 1.807) is 55.6 Å². The molecule has 2 amide bonds. The lowest BCUT2D eigenvalue weighted by Crippen LogP contribution is -2.49. The summed E-state index contributed by atoms with van der Waals surface area (Å²) in [6.45, 7) is 10.5. The number of aryl methyl sites for hydroxylation is 2. The molecule has 0 aliphatic carbocycles. The van der Waals surface area contributed by atoms with Crippen LogP contribution in [-0.2, 0) is 17.8 Å². The molecule has 0 unspecified atom stereocenters. The molecule has 0 radical (unpaired) electrons. The maximum atomic E-state index is 13.4. The number of nitrogens with zero attached hydrogens (tertiary/aromatic N) is 9. The van der Waals surface area contributed by atoms with Gasteiger partial charge in [0.05, 0.1) is 35.9 Å². The van der Waals surface area contributed by atoms with Crippen molar-refractivity contribution in [3.63, 3.8) is 0 Å². The Balaban J connectivity index is 0.000000185. The van der Waals surface area contributed by atoms with Crippen molar-refractivity contribution in [1.82, 2.24) is 34.3 Å². The van der Waals surface area contributed by atoms with Crippen molar-refractivity contribution in [3.05, 3.63) is 123 Å². The molecule has 3 aromatic heterocycles. The second-order valence-corrected chi connectivity index (χ2v) is 14.4. The molecule has 16 nitrogen and oxygen atoms in total. The van der Waals surface area contributed by atoms with E-state index in [1.165, 1.54) is 9.36 Å². The van der Waals surface area contributed by atoms with Gasteiger partial charge in [0, 0.05) is 89.5 Å². The number of piperazine rings is 2. The summed E-state index contributed by atoms with van der Waals surface area (Å²) in [6.07, 6.45) is 1.70. The predicted octanol–water partition coefficient (Wildman–Crippen LogP) is 4.19. The van der Waals surface area contributed by atoms with E-state index in [-0.39, 0.29) is 22.9 Å². The standard InChI is InChI=1S/C24H28N4O4.C21H23N5O3/c1-3-28-23(29)19-9-5-4-8-18(19)22(25-28)24(30)27-14-12-26(13-15-27)20-10-6-7-11-21(20)32-17-16-31-2;1-3-26-20(27)16-8-5-4-7-15(16)18(23-26)21(28)25-13-11-24(12-14-25)17-9-6-10-22-19(17)29-2/h4-11H,3,12-17H2,1-2H3;4-10H,3,11-14H2,1-2H3. The largest absolute Gasteiger partial charge is 0.489 e. The molecule has 8 rings (SSSR count). The quantitative estimate of drug-likeness (QED) is 0.172. The molecule has 2 fully saturated rings. The first kappa shape index (κ1) is 42.3. The van der Waals surface area contributed by atoms with Gasteiger partial charge in [0.1, 0.15) is 12.4 Å². The number of rotatable bonds is 11. The summed E-state index contributed by atoms with van der Waals surface area (Å²) >= 11 is 0. The van der Waals surface area contributed by atoms with Gasteiger partial charge in [-0.1, -0.05) is 48.5 Å². The minimum atomic E-state index is -0.173. The van der Waals surface area contributed by atoms with Gasteiger partial charge in [-0.05, 0) is 50.2 Å². The monoisotopic (exact) mass is 829 g/mol. The van der Waals surface area contributed by atoms with Gasteiger partial charge in [0.25, 0.3) is 22.9 Å². The van der Waals surface area contributed by atoms with Crippen LogP contribution in [0.15, 0.2) is 101 Å². The van der Waals surface area contributed by atoms with Crippen molar-refractivity contribution in [3.8, 4) is 11.6 Å². The molecule has 2 aliphatic heterocycles. The Hall–Kier alpha value is -6.81. The maximum absolute atomic E-state index is 13.4. The molecule has 0 spiro atoms. The Morgan fingerprint density at radius 3 is 1.52 bits per heavy atom. The third-order valence-corrected chi connectivity index (χ3v) is 10.9. The molecule has 6 aromatic rings. The Morgan fingerprint density at radius 1 is 0.574 bits per heavy atom. The summed E-state index contributed by atoms with van der Waals surface area (Å²) in [5.74, 6) is 1.09. The number of benzene rings is 3. The SMILES string of the molecule is CCn1nc(C(=O)N2CCN(c3ccccc3OCCOC)CC2)c2ccccc2c1=O.CCn1nc(C(=O)N2CCN(c3cccnc3OC)CC2)c2ccccc2c1=O. The van der Waals surface area contributed by atoms with Crippen LogP contribution in [0.2, 0.25) is 0 Å². The number of hydrogen-bond donors (Lipinski definition) is 0. The number of methoxy groups -OCH3 is 2. The first-order valence-electron chi connectivity index (χ1n) is 20.6. The number of pyridine rings is 1. The van der Waals surface area contributed by atoms with Crippen LogP contribution in [0.3, 0.4) is 0 Å². The van der Waals surface area contributed by atoms with Crippen LogP contribution in [0.4, 0.5) is 11.4 Å². The summed E-state index contributed by atoms with van der Waals surface area (Å²) in [4.78, 5) is 64.0. The van der Waals surface area contributed by atoms with Gasteiger partial charge in [-0.3, -0.25) is 19.2 Å². The molecule has 0 N–H and O–H groups in total. The molecule has 2 aliphatic rings. The van der Waals surface area contributed by atoms with E-state index in [0.29, 0.717) is 117 Å². The smallest absolute Gasteiger partial charge is 0.275 e. The lowest BCUT2D eigenvalue weighted by Gasteiger charge is -2.36. The third kappa shape index (κ3) is 9.04. The molecule has 3 aromatic carbocycles. The molecular weight excluding hydrogens is 779 g/mol. The van der Waals surface area contributed by atoms with Crippen LogP contribution >= 0.6 is 0 Å². The van der Waals surface area contributed by atoms with Crippen molar-refractivity contribution >= 4 is 44.7 Å². The maximum Gasteiger partial charge on any atom is 0.275 e. The Labute approximate surface area is 353 Å². The fourth-order valence-corrected chi connectivity index (χ4v) is 7.67. The van der Waals surface area contributed by atoms with Crippen LogP contribution in [0, 0.1) is 0 Å². The number of aromatic nitrogens is 5. The first-order chi connectivity index (χ1) is 29.8. The molecule has 0 saturated carbocycles. The molecule has 0 bridgehead atoms. The second-order valence-electron chi connectivity index (χ2n) is 14.4. The zero-order valence-corrected chi connectivity index (χ0v) is 35.0. The summed E-state index contributed by atoms with van der Waals surface area (Å²) in [6, 6.07) is 26.1. The summed E-state index contributed by atoms with van der Waals surface area (Å²) in [7, 11) is 3.25. The number of ether oxygens (including phenoxy) is 3. The van der Waals surface area contributed by atoms with Crippen molar-refractivity contribution < 1.29 is 23.8 Å². The van der Waals surface area contributed by atoms with Gasteiger partial charge < -0.3 is 33.8 Å². The van der Waals surface area contributed by atoms with Gasteiger partial charge in [0.15, 0.2) is 11.4 Å². The molecule has 5 heterocycles. The van der Waals surface area contributed by atoms with Gasteiger partial charge in [-0.15, -0.1) is 0 Å². The lowest BCUT2D eigenvalue weighted by atomic mass is 10.1. The normalized spacial score (nSPS) is 14.2. The van der Waals surface area contributed by atoms with E-state index < -0.39 is 0 Å². The third-order valence-electron chi connectivity index (χ3n) is 10.9. The van der Waals surface area contributed by atoms with Crippen LogP contribution in [-0.4, -0.2) is 126 Å². The topological polar surface area (TPSA) is 157 Å². The minimum absolute atomic E-state index is 0.146. The predicted molar refractivity (Wildman–Crippen MR) is 234 cm³/mol. The lowest BCUT2D eigenvalue weighted by molar-refractivity contribution is 0.0732. The minimum Gasteiger partial charge on any atom is -0.489 e. The highest BCUT2D eigenvalue weighted by atomic mass is 16.5. The van der Waals surface area contributed by atoms with Gasteiger partial charge >= 0.3 is 0 Å². The average Bonchev–Trinajstić information content (AvgIpc) is 3.32. The van der Waals surface area contributed by atoms with E-state index in [1.807, 2.05) is 73.3 Å². The zero-order valence-electron chi connectivity index (χ0n) is 35.0. The van der Waals surface area contributed by atoms with Crippen LogP contribution in [0.25, 0.3) is 21.5 Å². The summed E-state index contributed by atoms with van der Waals surface area (Å²) in [5.41, 5.74) is 2.25. The number of carbonyl (C=O) groups is 2. The molecule has 61 heavy (non-hydrogen) atoms. The van der Waals surface area contributed by atoms with E-state index in [9.17, 15) is 19.2 Å². The molecule has 318 valence electrons. The van der Waals surface area contributed by atoms with Crippen molar-refractivity contribution in [2.24, 2.45) is 0 Å². The molecule has 2 saturated heterocycles. The summed E-state index contributed by atoms with van der Waals surface area (Å²) in [5, 5.41) is 11.0. The van der Waals surface area contributed by atoms with Crippen molar-refractivity contribution in [1.29, 1.82) is 0 Å². The van der Waals surface area contributed by atoms with Gasteiger partial charge in [0.2, 0.25) is 5.88 Å². The number of anilines is 2. The highest BCUT2D eigenvalue weighted by Crippen LogP contribution is 2.30. The summed E-state index contributed by atoms with van der Waals surface area (Å²) < 4.78 is 19.0. The number of hydrogen-bond acceptors (Lipinski definition) is 12. The number of amides is 2. The Morgan fingerprint density at radius 2 is 1.03 bits per heavy atom. The first-order valence-corrected chi connectivity index (χ1v) is 20.6. The second kappa shape index (κ2) is 19.5. The average molecular weight is 830 g/mol. The fraction of sp³-hybridized carbons (Fsp3) is 0.356. The number of para-hydroxylation sites is 2. The van der Waals surface area contributed by atoms with Gasteiger partial charge in [-0.25, -0.2) is 14.3 Å².